The zero-order valence-corrected chi connectivity index (χ0v) is 9.75. The van der Waals surface area contributed by atoms with Gasteiger partial charge in [-0.05, 0) is 12.3 Å². The summed E-state index contributed by atoms with van der Waals surface area (Å²) in [6.07, 6.45) is 0.639. The standard InChI is InChI=1S/C11H13NO6/c1-5-4-17-3-2-6(5)9-12-7(10(13)14)8(18-9)11(15)16/h5-6H,2-4H2,1H3,(H,13,14)(H,15,16). The molecule has 2 N–H and O–H groups in total. The van der Waals surface area contributed by atoms with Gasteiger partial charge in [-0.1, -0.05) is 6.92 Å². The lowest BCUT2D eigenvalue weighted by atomic mass is 9.90. The van der Waals surface area contributed by atoms with Crippen LogP contribution in [0.3, 0.4) is 0 Å². The average Bonchev–Trinajstić information content (AvgIpc) is 2.74. The van der Waals surface area contributed by atoms with Gasteiger partial charge in [-0.15, -0.1) is 0 Å². The van der Waals surface area contributed by atoms with Crippen molar-refractivity contribution in [3.8, 4) is 0 Å². The Kier molecular flexibility index (Phi) is 3.33. The molecule has 7 nitrogen and oxygen atoms in total. The number of ether oxygens (including phenoxy) is 1. The van der Waals surface area contributed by atoms with E-state index in [9.17, 15) is 9.59 Å². The highest BCUT2D eigenvalue weighted by molar-refractivity contribution is 5.98. The zero-order chi connectivity index (χ0) is 13.3. The van der Waals surface area contributed by atoms with Crippen LogP contribution in [0.5, 0.6) is 0 Å². The summed E-state index contributed by atoms with van der Waals surface area (Å²) in [5.74, 6) is -3.27. The smallest absolute Gasteiger partial charge is 0.374 e. The van der Waals surface area contributed by atoms with Crippen molar-refractivity contribution in [1.82, 2.24) is 4.98 Å². The summed E-state index contributed by atoms with van der Waals surface area (Å²) < 4.78 is 10.4. The van der Waals surface area contributed by atoms with Crippen molar-refractivity contribution in [3.63, 3.8) is 0 Å². The molecule has 1 aliphatic heterocycles. The van der Waals surface area contributed by atoms with Crippen molar-refractivity contribution in [1.29, 1.82) is 0 Å². The molecule has 1 aromatic rings. The summed E-state index contributed by atoms with van der Waals surface area (Å²) >= 11 is 0. The van der Waals surface area contributed by atoms with E-state index >= 15 is 0 Å². The second kappa shape index (κ2) is 4.77. The molecule has 2 unspecified atom stereocenters. The van der Waals surface area contributed by atoms with E-state index in [-0.39, 0.29) is 17.7 Å². The molecular weight excluding hydrogens is 242 g/mol. The van der Waals surface area contributed by atoms with E-state index < -0.39 is 23.4 Å². The summed E-state index contributed by atoms with van der Waals surface area (Å²) in [5, 5.41) is 17.8. The first kappa shape index (κ1) is 12.6. The van der Waals surface area contributed by atoms with Gasteiger partial charge in [0.1, 0.15) is 0 Å². The lowest BCUT2D eigenvalue weighted by molar-refractivity contribution is 0.0398. The van der Waals surface area contributed by atoms with E-state index in [0.29, 0.717) is 19.6 Å². The average molecular weight is 255 g/mol. The maximum Gasteiger partial charge on any atom is 0.374 e. The first-order chi connectivity index (χ1) is 8.50. The highest BCUT2D eigenvalue weighted by Gasteiger charge is 2.32. The van der Waals surface area contributed by atoms with Gasteiger partial charge in [0.05, 0.1) is 0 Å². The second-order valence-corrected chi connectivity index (χ2v) is 4.29. The van der Waals surface area contributed by atoms with Crippen molar-refractivity contribution in [2.75, 3.05) is 13.2 Å². The van der Waals surface area contributed by atoms with E-state index in [1.54, 1.807) is 0 Å². The predicted octanol–water partition coefficient (Wildman–Crippen LogP) is 1.21. The molecule has 1 fully saturated rings. The molecule has 0 amide bonds. The van der Waals surface area contributed by atoms with Gasteiger partial charge in [-0.2, -0.15) is 0 Å². The van der Waals surface area contributed by atoms with Gasteiger partial charge >= 0.3 is 11.9 Å². The van der Waals surface area contributed by atoms with Crippen LogP contribution in [0.2, 0.25) is 0 Å². The Balaban J connectivity index is 2.36. The number of nitrogens with zero attached hydrogens (tertiary/aromatic N) is 1. The van der Waals surface area contributed by atoms with E-state index in [1.165, 1.54) is 0 Å². The molecule has 1 aliphatic rings. The van der Waals surface area contributed by atoms with Crippen molar-refractivity contribution < 1.29 is 29.0 Å². The molecule has 2 rings (SSSR count). The topological polar surface area (TPSA) is 110 Å². The van der Waals surface area contributed by atoms with Crippen LogP contribution in [0.15, 0.2) is 4.42 Å². The van der Waals surface area contributed by atoms with Gasteiger partial charge in [-0.3, -0.25) is 0 Å². The van der Waals surface area contributed by atoms with Crippen LogP contribution in [-0.4, -0.2) is 40.3 Å². The van der Waals surface area contributed by atoms with Gasteiger partial charge in [0.25, 0.3) is 0 Å². The molecule has 0 aliphatic carbocycles. The molecule has 0 saturated carbocycles. The third-order valence-electron chi connectivity index (χ3n) is 3.00. The third kappa shape index (κ3) is 2.21. The summed E-state index contributed by atoms with van der Waals surface area (Å²) in [4.78, 5) is 25.6. The number of hydrogen-bond acceptors (Lipinski definition) is 5. The number of oxazole rings is 1. The fraction of sp³-hybridized carbons (Fsp3) is 0.545. The van der Waals surface area contributed by atoms with E-state index in [2.05, 4.69) is 4.98 Å². The minimum absolute atomic E-state index is 0.107. The number of carboxylic acids is 2. The fourth-order valence-electron chi connectivity index (χ4n) is 2.03. The molecule has 7 heteroatoms. The number of aromatic nitrogens is 1. The number of carboxylic acid groups (broad SMARTS) is 2. The molecule has 1 aromatic heterocycles. The fourth-order valence-corrected chi connectivity index (χ4v) is 2.03. The summed E-state index contributed by atoms with van der Waals surface area (Å²) in [7, 11) is 0. The maximum atomic E-state index is 10.9. The van der Waals surface area contributed by atoms with Gasteiger partial charge < -0.3 is 19.4 Å². The highest BCUT2D eigenvalue weighted by Crippen LogP contribution is 2.32. The van der Waals surface area contributed by atoms with Crippen LogP contribution in [0.1, 0.15) is 46.2 Å². The molecule has 0 bridgehead atoms. The SMILES string of the molecule is CC1COCCC1c1nc(C(=O)O)c(C(=O)O)o1. The zero-order valence-electron chi connectivity index (χ0n) is 9.75. The number of carbonyl (C=O) groups is 2. The minimum Gasteiger partial charge on any atom is -0.476 e. The molecule has 2 atom stereocenters. The van der Waals surface area contributed by atoms with Crippen molar-refractivity contribution in [2.45, 2.75) is 19.3 Å². The van der Waals surface area contributed by atoms with Gasteiger partial charge in [-0.25, -0.2) is 14.6 Å². The minimum atomic E-state index is -1.43. The Morgan fingerprint density at radius 2 is 2.06 bits per heavy atom. The maximum absolute atomic E-state index is 10.9. The third-order valence-corrected chi connectivity index (χ3v) is 3.00. The normalized spacial score (nSPS) is 23.8. The molecule has 0 aromatic carbocycles. The summed E-state index contributed by atoms with van der Waals surface area (Å²) in [6, 6.07) is 0. The van der Waals surface area contributed by atoms with Gasteiger partial charge in [0.2, 0.25) is 11.5 Å². The first-order valence-corrected chi connectivity index (χ1v) is 5.55. The van der Waals surface area contributed by atoms with Crippen molar-refractivity contribution >= 4 is 11.9 Å². The largest absolute Gasteiger partial charge is 0.476 e. The van der Waals surface area contributed by atoms with Crippen LogP contribution >= 0.6 is 0 Å². The Morgan fingerprint density at radius 1 is 1.33 bits per heavy atom. The van der Waals surface area contributed by atoms with E-state index in [0.717, 1.165) is 0 Å². The lowest BCUT2D eigenvalue weighted by Gasteiger charge is -2.26. The number of hydrogen-bond donors (Lipinski definition) is 2. The van der Waals surface area contributed by atoms with E-state index in [1.807, 2.05) is 6.92 Å². The van der Waals surface area contributed by atoms with Crippen LogP contribution in [-0.2, 0) is 4.74 Å². The Labute approximate surface area is 102 Å². The number of aromatic carboxylic acids is 2. The summed E-state index contributed by atoms with van der Waals surface area (Å²) in [5.41, 5.74) is -0.545. The molecule has 98 valence electrons. The Bertz CT molecular complexity index is 448. The molecule has 0 radical (unpaired) electrons. The Hall–Kier alpha value is -1.89. The highest BCUT2D eigenvalue weighted by atomic mass is 16.5. The van der Waals surface area contributed by atoms with Crippen molar-refractivity contribution in [2.24, 2.45) is 5.92 Å². The molecule has 2 heterocycles. The first-order valence-electron chi connectivity index (χ1n) is 5.55. The predicted molar refractivity (Wildman–Crippen MR) is 57.8 cm³/mol. The van der Waals surface area contributed by atoms with Crippen LogP contribution in [0, 0.1) is 5.92 Å². The molecule has 0 spiro atoms. The van der Waals surface area contributed by atoms with Crippen LogP contribution in [0.25, 0.3) is 0 Å². The lowest BCUT2D eigenvalue weighted by Crippen LogP contribution is -2.23. The van der Waals surface area contributed by atoms with Gasteiger partial charge in [0, 0.05) is 19.1 Å². The molecular formula is C11H13NO6. The van der Waals surface area contributed by atoms with E-state index in [4.69, 9.17) is 19.4 Å². The van der Waals surface area contributed by atoms with Gasteiger partial charge in [0.15, 0.2) is 5.89 Å². The molecule has 1 saturated heterocycles. The Morgan fingerprint density at radius 3 is 2.56 bits per heavy atom. The second-order valence-electron chi connectivity index (χ2n) is 4.29. The number of rotatable bonds is 3. The van der Waals surface area contributed by atoms with Crippen LogP contribution in [0.4, 0.5) is 0 Å². The quantitative estimate of drug-likeness (QED) is 0.835. The van der Waals surface area contributed by atoms with Crippen LogP contribution < -0.4 is 0 Å². The molecule has 18 heavy (non-hydrogen) atoms. The van der Waals surface area contributed by atoms with Crippen molar-refractivity contribution in [3.05, 3.63) is 17.3 Å². The summed E-state index contributed by atoms with van der Waals surface area (Å²) in [6.45, 7) is 2.98. The monoisotopic (exact) mass is 255 g/mol.